The van der Waals surface area contributed by atoms with Crippen LogP contribution in [-0.2, 0) is 4.79 Å². The number of H-pyrrole nitrogens is 1. The second-order valence-electron chi connectivity index (χ2n) is 7.82. The van der Waals surface area contributed by atoms with Gasteiger partial charge in [-0.2, -0.15) is 0 Å². The van der Waals surface area contributed by atoms with E-state index in [1.807, 2.05) is 42.2 Å². The second kappa shape index (κ2) is 9.99. The number of amides is 1. The third-order valence-electron chi connectivity index (χ3n) is 5.52. The van der Waals surface area contributed by atoms with Gasteiger partial charge in [0.25, 0.3) is 0 Å². The van der Waals surface area contributed by atoms with Crippen LogP contribution < -0.4 is 10.1 Å². The lowest BCUT2D eigenvalue weighted by Gasteiger charge is -2.16. The van der Waals surface area contributed by atoms with Gasteiger partial charge in [-0.3, -0.25) is 4.79 Å². The number of rotatable bonds is 8. The topological polar surface area (TPSA) is 96.0 Å². The number of ether oxygens (including phenoxy) is 1. The number of nitrogens with zero attached hydrogens (tertiary/aromatic N) is 4. The van der Waals surface area contributed by atoms with E-state index in [-0.39, 0.29) is 17.9 Å². The van der Waals surface area contributed by atoms with E-state index in [0.29, 0.717) is 41.8 Å². The van der Waals surface area contributed by atoms with Gasteiger partial charge in [0, 0.05) is 31.5 Å². The van der Waals surface area contributed by atoms with Crippen LogP contribution in [0.1, 0.15) is 38.4 Å². The third-order valence-corrected chi connectivity index (χ3v) is 5.83. The van der Waals surface area contributed by atoms with Gasteiger partial charge in [0.05, 0.1) is 5.02 Å². The molecule has 3 aromatic rings. The Morgan fingerprint density at radius 3 is 3.06 bits per heavy atom. The Labute approximate surface area is 192 Å². The van der Waals surface area contributed by atoms with Crippen molar-refractivity contribution in [2.45, 2.75) is 38.6 Å². The molecule has 1 amide bonds. The van der Waals surface area contributed by atoms with Gasteiger partial charge in [-0.25, -0.2) is 15.0 Å². The number of hydrogen-bond donors (Lipinski definition) is 2. The highest BCUT2D eigenvalue weighted by atomic mass is 35.5. The van der Waals surface area contributed by atoms with Crippen molar-refractivity contribution in [2.75, 3.05) is 25.0 Å². The quantitative estimate of drug-likeness (QED) is 0.496. The molecule has 4 rings (SSSR count). The average Bonchev–Trinajstić information content (AvgIpc) is 3.45. The zero-order valence-corrected chi connectivity index (χ0v) is 19.0. The summed E-state index contributed by atoms with van der Waals surface area (Å²) in [4.78, 5) is 30.5. The molecule has 0 saturated carbocycles. The number of nitrogens with one attached hydrogen (secondary N) is 2. The molecular weight excluding hydrogens is 428 g/mol. The van der Waals surface area contributed by atoms with E-state index >= 15 is 0 Å². The molecule has 1 aliphatic rings. The Kier molecular flexibility index (Phi) is 6.90. The second-order valence-corrected chi connectivity index (χ2v) is 8.23. The first-order valence-corrected chi connectivity index (χ1v) is 11.2. The maximum Gasteiger partial charge on any atom is 0.222 e. The predicted molar refractivity (Wildman–Crippen MR) is 125 cm³/mol. The smallest absolute Gasteiger partial charge is 0.222 e. The fraction of sp³-hybridized carbons (Fsp3) is 0.391. The fourth-order valence-electron chi connectivity index (χ4n) is 3.74. The lowest BCUT2D eigenvalue weighted by Crippen LogP contribution is -2.31. The molecule has 168 valence electrons. The summed E-state index contributed by atoms with van der Waals surface area (Å²) in [5, 5.41) is 4.05. The number of imidazole rings is 1. The van der Waals surface area contributed by atoms with Crippen molar-refractivity contribution in [3.63, 3.8) is 0 Å². The van der Waals surface area contributed by atoms with Crippen LogP contribution in [0.5, 0.6) is 5.75 Å². The van der Waals surface area contributed by atoms with Crippen molar-refractivity contribution >= 4 is 34.5 Å². The molecule has 0 radical (unpaired) electrons. The van der Waals surface area contributed by atoms with Gasteiger partial charge < -0.3 is 19.9 Å². The molecule has 9 heteroatoms. The van der Waals surface area contributed by atoms with Gasteiger partial charge in [0.1, 0.15) is 30.0 Å². The van der Waals surface area contributed by atoms with Crippen molar-refractivity contribution in [3.05, 3.63) is 53.6 Å². The maximum absolute atomic E-state index is 11.9. The van der Waals surface area contributed by atoms with Crippen molar-refractivity contribution in [1.29, 1.82) is 0 Å². The Balaban J connectivity index is 1.40. The molecule has 3 heterocycles. The number of anilines is 1. The number of aromatic nitrogens is 4. The van der Waals surface area contributed by atoms with Crippen molar-refractivity contribution in [2.24, 2.45) is 0 Å². The largest absolute Gasteiger partial charge is 0.488 e. The summed E-state index contributed by atoms with van der Waals surface area (Å²) in [6, 6.07) is 7.56. The number of hydrogen-bond acceptors (Lipinski definition) is 6. The number of likely N-dealkylation sites (tertiary alicyclic amines) is 1. The molecule has 32 heavy (non-hydrogen) atoms. The van der Waals surface area contributed by atoms with Gasteiger partial charge in [0.2, 0.25) is 5.91 Å². The Bertz CT molecular complexity index is 1110. The molecule has 0 aliphatic carbocycles. The summed E-state index contributed by atoms with van der Waals surface area (Å²) >= 11 is 6.11. The van der Waals surface area contributed by atoms with E-state index in [0.717, 1.165) is 24.3 Å². The molecule has 0 bridgehead atoms. The average molecular weight is 455 g/mol. The number of benzene rings is 1. The van der Waals surface area contributed by atoms with Gasteiger partial charge >= 0.3 is 0 Å². The molecule has 8 nitrogen and oxygen atoms in total. The summed E-state index contributed by atoms with van der Waals surface area (Å²) in [6.45, 7) is 5.81. The fourth-order valence-corrected chi connectivity index (χ4v) is 3.93. The number of fused-ring (bicyclic) bond motifs is 1. The summed E-state index contributed by atoms with van der Waals surface area (Å²) in [5.74, 6) is 2.39. The number of allylic oxidation sites excluding steroid dienone is 1. The van der Waals surface area contributed by atoms with Gasteiger partial charge in [0.15, 0.2) is 11.5 Å². The van der Waals surface area contributed by atoms with Gasteiger partial charge in [-0.1, -0.05) is 49.7 Å². The lowest BCUT2D eigenvalue weighted by molar-refractivity contribution is -0.129. The highest BCUT2D eigenvalue weighted by Gasteiger charge is 2.26. The highest BCUT2D eigenvalue weighted by Crippen LogP contribution is 2.25. The first kappa shape index (κ1) is 22.1. The monoisotopic (exact) mass is 454 g/mol. The SMILES string of the molecule is CCC(=O)N1CCC(Nc2ncnc3nc(C(C)/C=C/COc4ccccc4Cl)[nH]c23)C1. The van der Waals surface area contributed by atoms with Crippen LogP contribution in [0.4, 0.5) is 5.82 Å². The first-order chi connectivity index (χ1) is 15.5. The summed E-state index contributed by atoms with van der Waals surface area (Å²) in [5.41, 5.74) is 1.39. The van der Waals surface area contributed by atoms with Crippen molar-refractivity contribution in [1.82, 2.24) is 24.8 Å². The van der Waals surface area contributed by atoms with Crippen LogP contribution in [0.15, 0.2) is 42.7 Å². The number of para-hydroxylation sites is 1. The highest BCUT2D eigenvalue weighted by molar-refractivity contribution is 6.32. The van der Waals surface area contributed by atoms with Gasteiger partial charge in [-0.15, -0.1) is 0 Å². The maximum atomic E-state index is 11.9. The zero-order valence-electron chi connectivity index (χ0n) is 18.2. The van der Waals surface area contributed by atoms with Crippen molar-refractivity contribution in [3.8, 4) is 5.75 Å². The number of carbonyl (C=O) groups is 1. The van der Waals surface area contributed by atoms with E-state index in [9.17, 15) is 4.79 Å². The number of carbonyl (C=O) groups excluding carboxylic acids is 1. The van der Waals surface area contributed by atoms with E-state index < -0.39 is 0 Å². The summed E-state index contributed by atoms with van der Waals surface area (Å²) in [6.07, 6.45) is 6.91. The molecule has 2 unspecified atom stereocenters. The molecule has 2 aromatic heterocycles. The molecule has 0 spiro atoms. The van der Waals surface area contributed by atoms with Crippen LogP contribution >= 0.6 is 11.6 Å². The number of halogens is 1. The van der Waals surface area contributed by atoms with E-state index in [2.05, 4.69) is 32.2 Å². The van der Waals surface area contributed by atoms with E-state index in [4.69, 9.17) is 16.3 Å². The normalized spacial score (nSPS) is 17.2. The van der Waals surface area contributed by atoms with Crippen LogP contribution in [0.25, 0.3) is 11.2 Å². The van der Waals surface area contributed by atoms with Crippen LogP contribution in [0.3, 0.4) is 0 Å². The Morgan fingerprint density at radius 2 is 2.25 bits per heavy atom. The third kappa shape index (κ3) is 5.02. The lowest BCUT2D eigenvalue weighted by atomic mass is 10.1. The molecule has 2 atom stereocenters. The minimum Gasteiger partial charge on any atom is -0.488 e. The minimum absolute atomic E-state index is 0.0380. The summed E-state index contributed by atoms with van der Waals surface area (Å²) in [7, 11) is 0. The minimum atomic E-state index is 0.0380. The zero-order chi connectivity index (χ0) is 22.5. The standard InChI is InChI=1S/C23H27ClN6O2/c1-3-19(31)30-11-10-16(13-30)27-22-20-23(26-14-25-22)29-21(28-20)15(2)7-6-12-32-18-9-5-4-8-17(18)24/h4-9,14-16H,3,10-13H2,1-2H3,(H2,25,26,27,28,29)/b7-6+. The van der Waals surface area contributed by atoms with E-state index in [1.54, 1.807) is 6.07 Å². The molecule has 1 aromatic carbocycles. The molecule has 1 fully saturated rings. The van der Waals surface area contributed by atoms with Crippen LogP contribution in [0, 0.1) is 0 Å². The Morgan fingerprint density at radius 1 is 1.41 bits per heavy atom. The Hall–Kier alpha value is -3.13. The summed E-state index contributed by atoms with van der Waals surface area (Å²) < 4.78 is 5.70. The first-order valence-electron chi connectivity index (χ1n) is 10.8. The molecular formula is C23H27ClN6O2. The predicted octanol–water partition coefficient (Wildman–Crippen LogP) is 4.17. The van der Waals surface area contributed by atoms with Crippen LogP contribution in [-0.4, -0.2) is 56.5 Å². The molecule has 1 saturated heterocycles. The van der Waals surface area contributed by atoms with Crippen LogP contribution in [0.2, 0.25) is 5.02 Å². The number of aromatic amines is 1. The van der Waals surface area contributed by atoms with Gasteiger partial charge in [-0.05, 0) is 18.6 Å². The van der Waals surface area contributed by atoms with Crippen molar-refractivity contribution < 1.29 is 9.53 Å². The molecule has 2 N–H and O–H groups in total. The van der Waals surface area contributed by atoms with E-state index in [1.165, 1.54) is 6.33 Å². The molecule has 1 aliphatic heterocycles.